The van der Waals surface area contributed by atoms with Gasteiger partial charge in [0.05, 0.1) is 22.9 Å². The molecule has 136 valence electrons. The molecule has 5 nitrogen and oxygen atoms in total. The summed E-state index contributed by atoms with van der Waals surface area (Å²) in [6, 6.07) is 11.3. The summed E-state index contributed by atoms with van der Waals surface area (Å²) in [5.41, 5.74) is 0.437. The highest BCUT2D eigenvalue weighted by molar-refractivity contribution is 6.33. The molecular weight excluding hydrogens is 359 g/mol. The summed E-state index contributed by atoms with van der Waals surface area (Å²) in [5, 5.41) is 3.18. The van der Waals surface area contributed by atoms with Crippen LogP contribution in [0.5, 0.6) is 0 Å². The van der Waals surface area contributed by atoms with Crippen molar-refractivity contribution in [3.8, 4) is 0 Å². The Labute approximate surface area is 155 Å². The number of carbonyl (C=O) groups excluding carboxylic acids is 2. The van der Waals surface area contributed by atoms with E-state index in [4.69, 9.17) is 16.3 Å². The van der Waals surface area contributed by atoms with E-state index in [2.05, 4.69) is 5.32 Å². The Morgan fingerprint density at radius 2 is 1.96 bits per heavy atom. The normalized spacial score (nSPS) is 15.2. The molecule has 1 aliphatic rings. The number of nitrogens with zero attached hydrogens (tertiary/aromatic N) is 1. The molecule has 0 bridgehead atoms. The first-order valence-corrected chi connectivity index (χ1v) is 8.49. The van der Waals surface area contributed by atoms with Crippen molar-refractivity contribution < 1.29 is 18.7 Å². The summed E-state index contributed by atoms with van der Waals surface area (Å²) in [6.45, 7) is 3.63. The van der Waals surface area contributed by atoms with Crippen LogP contribution in [0.25, 0.3) is 0 Å². The lowest BCUT2D eigenvalue weighted by Gasteiger charge is -2.39. The van der Waals surface area contributed by atoms with Gasteiger partial charge in [0.15, 0.2) is 0 Å². The third-order valence-corrected chi connectivity index (χ3v) is 4.45. The Hall–Kier alpha value is -2.60. The molecule has 26 heavy (non-hydrogen) atoms. The number of halogens is 2. The van der Waals surface area contributed by atoms with Crippen LogP contribution in [0.2, 0.25) is 5.02 Å². The first kappa shape index (κ1) is 18.2. The number of hydrogen-bond donors (Lipinski definition) is 1. The number of para-hydroxylation sites is 2. The van der Waals surface area contributed by atoms with E-state index in [1.165, 1.54) is 12.1 Å². The minimum absolute atomic E-state index is 0.0141. The minimum atomic E-state index is -0.858. The van der Waals surface area contributed by atoms with Gasteiger partial charge in [-0.3, -0.25) is 4.79 Å². The van der Waals surface area contributed by atoms with E-state index >= 15 is 0 Å². The fourth-order valence-corrected chi connectivity index (χ4v) is 3.11. The molecule has 1 aliphatic heterocycles. The number of benzene rings is 2. The quantitative estimate of drug-likeness (QED) is 0.823. The number of nitrogens with one attached hydrogen (secondary N) is 1. The van der Waals surface area contributed by atoms with Crippen molar-refractivity contribution in [2.75, 3.05) is 23.4 Å². The number of esters is 1. The van der Waals surface area contributed by atoms with Crippen molar-refractivity contribution in [1.82, 2.24) is 0 Å². The van der Waals surface area contributed by atoms with Crippen LogP contribution < -0.4 is 10.2 Å². The van der Waals surface area contributed by atoms with Crippen LogP contribution in [-0.4, -0.2) is 30.6 Å². The summed E-state index contributed by atoms with van der Waals surface area (Å²) in [4.78, 5) is 26.4. The molecule has 0 radical (unpaired) electrons. The Balaban J connectivity index is 1.73. The van der Waals surface area contributed by atoms with Crippen molar-refractivity contribution >= 4 is 34.9 Å². The number of fused-ring (bicyclic) bond motifs is 1. The summed E-state index contributed by atoms with van der Waals surface area (Å²) >= 11 is 5.87. The van der Waals surface area contributed by atoms with Gasteiger partial charge in [-0.1, -0.05) is 29.8 Å². The predicted molar refractivity (Wildman–Crippen MR) is 98.2 cm³/mol. The Morgan fingerprint density at radius 3 is 2.69 bits per heavy atom. The van der Waals surface area contributed by atoms with Gasteiger partial charge in [-0.05, 0) is 38.1 Å². The van der Waals surface area contributed by atoms with Crippen LogP contribution in [0.15, 0.2) is 42.5 Å². The molecule has 0 aliphatic carbocycles. The van der Waals surface area contributed by atoms with Gasteiger partial charge in [0.1, 0.15) is 23.5 Å². The Kier molecular flexibility index (Phi) is 4.87. The van der Waals surface area contributed by atoms with Crippen molar-refractivity contribution in [3.05, 3.63) is 58.9 Å². The second-order valence-electron chi connectivity index (χ2n) is 6.46. The number of rotatable bonds is 4. The number of ether oxygens (including phenoxy) is 1. The third-order valence-electron chi connectivity index (χ3n) is 4.14. The summed E-state index contributed by atoms with van der Waals surface area (Å²) in [5.74, 6) is -1.74. The van der Waals surface area contributed by atoms with Crippen LogP contribution in [0.1, 0.15) is 24.2 Å². The Bertz CT molecular complexity index is 849. The molecular formula is C19H18ClFN2O3. The molecule has 0 unspecified atom stereocenters. The molecule has 2 aromatic rings. The number of carbonyl (C=O) groups is 2. The zero-order chi connectivity index (χ0) is 18.9. The maximum Gasteiger partial charge on any atom is 0.342 e. The highest BCUT2D eigenvalue weighted by Crippen LogP contribution is 2.34. The Morgan fingerprint density at radius 1 is 1.23 bits per heavy atom. The molecule has 0 saturated heterocycles. The van der Waals surface area contributed by atoms with Crippen molar-refractivity contribution in [2.24, 2.45) is 0 Å². The van der Waals surface area contributed by atoms with E-state index in [0.29, 0.717) is 5.69 Å². The molecule has 0 aromatic heterocycles. The molecule has 1 N–H and O–H groups in total. The average Bonchev–Trinajstić information content (AvgIpc) is 2.58. The summed E-state index contributed by atoms with van der Waals surface area (Å²) in [6.07, 6.45) is 0. The van der Waals surface area contributed by atoms with Crippen LogP contribution in [-0.2, 0) is 9.53 Å². The maximum atomic E-state index is 13.8. The molecule has 1 heterocycles. The van der Waals surface area contributed by atoms with Gasteiger partial charge in [0, 0.05) is 0 Å². The lowest BCUT2D eigenvalue weighted by Crippen LogP contribution is -2.54. The monoisotopic (exact) mass is 376 g/mol. The molecule has 0 fully saturated rings. The van der Waals surface area contributed by atoms with Gasteiger partial charge in [0.2, 0.25) is 0 Å². The first-order valence-electron chi connectivity index (χ1n) is 8.11. The van der Waals surface area contributed by atoms with Crippen LogP contribution in [0.3, 0.4) is 0 Å². The van der Waals surface area contributed by atoms with Gasteiger partial charge < -0.3 is 15.0 Å². The topological polar surface area (TPSA) is 58.6 Å². The zero-order valence-electron chi connectivity index (χ0n) is 14.4. The van der Waals surface area contributed by atoms with Crippen molar-refractivity contribution in [2.45, 2.75) is 19.4 Å². The molecule has 0 saturated carbocycles. The largest absolute Gasteiger partial charge is 0.460 e. The zero-order valence-corrected chi connectivity index (χ0v) is 15.1. The van der Waals surface area contributed by atoms with Crippen LogP contribution in [0.4, 0.5) is 15.8 Å². The first-order chi connectivity index (χ1) is 12.3. The van der Waals surface area contributed by atoms with E-state index in [9.17, 15) is 14.0 Å². The SMILES string of the molecule is CC1(C)Nc2ccccc2N(CCOC(=O)c2c(F)cccc2Cl)C1=O. The fraction of sp³-hybridized carbons (Fsp3) is 0.263. The summed E-state index contributed by atoms with van der Waals surface area (Å²) < 4.78 is 18.9. The van der Waals surface area contributed by atoms with E-state index in [1.54, 1.807) is 18.7 Å². The van der Waals surface area contributed by atoms with Crippen LogP contribution >= 0.6 is 11.6 Å². The van der Waals surface area contributed by atoms with E-state index < -0.39 is 17.3 Å². The average molecular weight is 377 g/mol. The smallest absolute Gasteiger partial charge is 0.342 e. The maximum absolute atomic E-state index is 13.8. The molecule has 3 rings (SSSR count). The predicted octanol–water partition coefficient (Wildman–Crippen LogP) is 3.87. The second kappa shape index (κ2) is 6.96. The van der Waals surface area contributed by atoms with Crippen molar-refractivity contribution in [1.29, 1.82) is 0 Å². The number of anilines is 2. The molecule has 0 atom stereocenters. The molecule has 7 heteroatoms. The van der Waals surface area contributed by atoms with E-state index in [-0.39, 0.29) is 29.6 Å². The standard InChI is InChI=1S/C19H18ClFN2O3/c1-19(2)18(25)23(15-9-4-3-8-14(15)22-19)10-11-26-17(24)16-12(20)6-5-7-13(16)21/h3-9,22H,10-11H2,1-2H3. The van der Waals surface area contributed by atoms with Crippen LogP contribution in [0, 0.1) is 5.82 Å². The highest BCUT2D eigenvalue weighted by Gasteiger charge is 2.38. The van der Waals surface area contributed by atoms with Gasteiger partial charge in [-0.25, -0.2) is 9.18 Å². The van der Waals surface area contributed by atoms with Gasteiger partial charge >= 0.3 is 5.97 Å². The van der Waals surface area contributed by atoms with E-state index in [0.717, 1.165) is 11.8 Å². The van der Waals surface area contributed by atoms with Gasteiger partial charge in [0.25, 0.3) is 5.91 Å². The lowest BCUT2D eigenvalue weighted by molar-refractivity contribution is -0.122. The molecule has 1 amide bonds. The highest BCUT2D eigenvalue weighted by atomic mass is 35.5. The molecule has 0 spiro atoms. The minimum Gasteiger partial charge on any atom is -0.460 e. The third kappa shape index (κ3) is 3.37. The number of amides is 1. The van der Waals surface area contributed by atoms with Gasteiger partial charge in [-0.15, -0.1) is 0 Å². The number of hydrogen-bond acceptors (Lipinski definition) is 4. The lowest BCUT2D eigenvalue weighted by atomic mass is 9.98. The molecule has 2 aromatic carbocycles. The summed E-state index contributed by atoms with van der Waals surface area (Å²) in [7, 11) is 0. The van der Waals surface area contributed by atoms with Crippen molar-refractivity contribution in [3.63, 3.8) is 0 Å². The van der Waals surface area contributed by atoms with E-state index in [1.807, 2.05) is 24.3 Å². The second-order valence-corrected chi connectivity index (χ2v) is 6.86. The fourth-order valence-electron chi connectivity index (χ4n) is 2.87. The van der Waals surface area contributed by atoms with Gasteiger partial charge in [-0.2, -0.15) is 0 Å².